The Hall–Kier alpha value is -3.86. The molecule has 168 valence electrons. The van der Waals surface area contributed by atoms with Crippen LogP contribution in [0, 0.1) is 6.92 Å². The highest BCUT2D eigenvalue weighted by Crippen LogP contribution is 2.43. The van der Waals surface area contributed by atoms with Crippen molar-refractivity contribution in [3.63, 3.8) is 0 Å². The first-order valence-electron chi connectivity index (χ1n) is 11.1. The summed E-state index contributed by atoms with van der Waals surface area (Å²) in [4.78, 5) is 30.0. The normalized spacial score (nSPS) is 17.5. The number of benzene rings is 3. The number of hydrogen-bond acceptors (Lipinski definition) is 4. The van der Waals surface area contributed by atoms with Crippen LogP contribution in [0.5, 0.6) is 0 Å². The molecule has 1 saturated heterocycles. The fraction of sp³-hybridized carbons (Fsp3) is 0.214. The zero-order chi connectivity index (χ0) is 23.7. The van der Waals surface area contributed by atoms with Gasteiger partial charge in [0.1, 0.15) is 5.76 Å². The number of carbonyl (C=O) groups excluding carboxylic acids is 2. The molecule has 1 aliphatic heterocycles. The van der Waals surface area contributed by atoms with E-state index >= 15 is 0 Å². The number of ketones is 1. The first-order chi connectivity index (χ1) is 15.8. The van der Waals surface area contributed by atoms with Crippen molar-refractivity contribution < 1.29 is 14.7 Å². The van der Waals surface area contributed by atoms with Crippen LogP contribution in [0.4, 0.5) is 11.4 Å². The van der Waals surface area contributed by atoms with Gasteiger partial charge in [-0.1, -0.05) is 55.5 Å². The van der Waals surface area contributed by atoms with E-state index in [-0.39, 0.29) is 11.3 Å². The molecule has 0 aliphatic carbocycles. The zero-order valence-corrected chi connectivity index (χ0v) is 19.4. The van der Waals surface area contributed by atoms with Crippen LogP contribution in [0.2, 0.25) is 0 Å². The average molecular weight is 441 g/mol. The maximum absolute atomic E-state index is 13.3. The molecule has 1 fully saturated rings. The Morgan fingerprint density at radius 1 is 0.939 bits per heavy atom. The Bertz CT molecular complexity index is 1220. The number of aryl methyl sites for hydroxylation is 2. The summed E-state index contributed by atoms with van der Waals surface area (Å²) in [5.74, 6) is -1.48. The lowest BCUT2D eigenvalue weighted by Gasteiger charge is -2.27. The van der Waals surface area contributed by atoms with Gasteiger partial charge in [-0.25, -0.2) is 0 Å². The number of hydrogen-bond donors (Lipinski definition) is 1. The minimum Gasteiger partial charge on any atom is -0.507 e. The Balaban J connectivity index is 1.91. The number of amides is 1. The van der Waals surface area contributed by atoms with Crippen molar-refractivity contribution in [1.82, 2.24) is 0 Å². The van der Waals surface area contributed by atoms with Crippen molar-refractivity contribution in [2.45, 2.75) is 26.3 Å². The van der Waals surface area contributed by atoms with Crippen LogP contribution >= 0.6 is 0 Å². The van der Waals surface area contributed by atoms with Gasteiger partial charge in [-0.3, -0.25) is 14.5 Å². The third-order valence-electron chi connectivity index (χ3n) is 6.21. The van der Waals surface area contributed by atoms with Gasteiger partial charge in [-0.05, 0) is 54.3 Å². The van der Waals surface area contributed by atoms with Crippen molar-refractivity contribution in [2.24, 2.45) is 0 Å². The average Bonchev–Trinajstić information content (AvgIpc) is 3.09. The zero-order valence-electron chi connectivity index (χ0n) is 19.4. The van der Waals surface area contributed by atoms with Crippen LogP contribution in [0.3, 0.4) is 0 Å². The van der Waals surface area contributed by atoms with Crippen LogP contribution in [0.25, 0.3) is 5.76 Å². The Morgan fingerprint density at radius 2 is 1.58 bits per heavy atom. The van der Waals surface area contributed by atoms with Gasteiger partial charge >= 0.3 is 0 Å². The number of aliphatic hydroxyl groups excluding tert-OH is 1. The predicted molar refractivity (Wildman–Crippen MR) is 133 cm³/mol. The Kier molecular flexibility index (Phi) is 6.05. The van der Waals surface area contributed by atoms with Crippen molar-refractivity contribution in [2.75, 3.05) is 23.9 Å². The number of carbonyl (C=O) groups is 2. The predicted octanol–water partition coefficient (Wildman–Crippen LogP) is 5.25. The van der Waals surface area contributed by atoms with E-state index < -0.39 is 17.7 Å². The minimum absolute atomic E-state index is 0.107. The van der Waals surface area contributed by atoms with E-state index in [1.54, 1.807) is 12.1 Å². The standard InChI is InChI=1S/C28H28N2O3/c1-5-19-10-12-20(13-11-19)26(31)24-25(23-9-7-6-8-18(23)2)30(28(33)27(24)32)22-16-14-21(15-17-22)29(3)4/h6-17,25,31H,5H2,1-4H3/b26-24+. The smallest absolute Gasteiger partial charge is 0.300 e. The third kappa shape index (κ3) is 4.02. The van der Waals surface area contributed by atoms with Crippen LogP contribution in [-0.2, 0) is 16.0 Å². The Morgan fingerprint density at radius 3 is 2.15 bits per heavy atom. The van der Waals surface area contributed by atoms with Crippen molar-refractivity contribution in [3.05, 3.63) is 101 Å². The lowest BCUT2D eigenvalue weighted by atomic mass is 9.92. The molecule has 1 amide bonds. The molecule has 3 aromatic rings. The maximum atomic E-state index is 13.3. The summed E-state index contributed by atoms with van der Waals surface area (Å²) in [6.07, 6.45) is 0.873. The summed E-state index contributed by atoms with van der Waals surface area (Å²) in [6, 6.07) is 21.9. The molecule has 1 aliphatic rings. The number of Topliss-reactive ketones (excluding diaryl/α,β-unsaturated/α-hetero) is 1. The number of aliphatic hydroxyl groups is 1. The van der Waals surface area contributed by atoms with Gasteiger partial charge in [0.05, 0.1) is 11.6 Å². The number of rotatable bonds is 5. The van der Waals surface area contributed by atoms with Gasteiger partial charge in [0.15, 0.2) is 0 Å². The van der Waals surface area contributed by atoms with E-state index in [9.17, 15) is 14.7 Å². The van der Waals surface area contributed by atoms with Crippen LogP contribution < -0.4 is 9.80 Å². The van der Waals surface area contributed by atoms with Gasteiger partial charge in [0.2, 0.25) is 0 Å². The molecule has 5 heteroatoms. The number of anilines is 2. The van der Waals surface area contributed by atoms with Crippen LogP contribution in [0.1, 0.15) is 35.2 Å². The minimum atomic E-state index is -0.720. The monoisotopic (exact) mass is 440 g/mol. The lowest BCUT2D eigenvalue weighted by molar-refractivity contribution is -0.132. The van der Waals surface area contributed by atoms with E-state index in [0.717, 1.165) is 28.8 Å². The molecule has 0 spiro atoms. The van der Waals surface area contributed by atoms with E-state index in [0.29, 0.717) is 11.3 Å². The molecule has 4 rings (SSSR count). The van der Waals surface area contributed by atoms with Crippen molar-refractivity contribution in [3.8, 4) is 0 Å². The first-order valence-corrected chi connectivity index (χ1v) is 11.1. The highest BCUT2D eigenvalue weighted by Gasteiger charge is 2.47. The van der Waals surface area contributed by atoms with Crippen molar-refractivity contribution in [1.29, 1.82) is 0 Å². The molecular weight excluding hydrogens is 412 g/mol. The van der Waals surface area contributed by atoms with Gasteiger partial charge < -0.3 is 10.0 Å². The van der Waals surface area contributed by atoms with E-state index in [2.05, 4.69) is 6.92 Å². The van der Waals surface area contributed by atoms with Crippen LogP contribution in [-0.4, -0.2) is 30.9 Å². The SMILES string of the molecule is CCc1ccc(/C(O)=C2\C(=O)C(=O)N(c3ccc(N(C)C)cc3)C2c2ccccc2C)cc1. The van der Waals surface area contributed by atoms with E-state index in [1.165, 1.54) is 4.90 Å². The second-order valence-corrected chi connectivity index (χ2v) is 8.49. The maximum Gasteiger partial charge on any atom is 0.300 e. The first kappa shape index (κ1) is 22.3. The van der Waals surface area contributed by atoms with Crippen molar-refractivity contribution >= 4 is 28.8 Å². The lowest BCUT2D eigenvalue weighted by Crippen LogP contribution is -2.29. The molecule has 33 heavy (non-hydrogen) atoms. The van der Waals surface area contributed by atoms with E-state index in [4.69, 9.17) is 0 Å². The molecule has 1 heterocycles. The molecule has 0 radical (unpaired) electrons. The second kappa shape index (κ2) is 8.94. The molecule has 1 N–H and O–H groups in total. The van der Waals surface area contributed by atoms with Gasteiger partial charge in [0, 0.05) is 31.0 Å². The Labute approximate surface area is 194 Å². The van der Waals surface area contributed by atoms with Gasteiger partial charge in [-0.2, -0.15) is 0 Å². The van der Waals surface area contributed by atoms with Gasteiger partial charge in [0.25, 0.3) is 11.7 Å². The summed E-state index contributed by atoms with van der Waals surface area (Å²) < 4.78 is 0. The third-order valence-corrected chi connectivity index (χ3v) is 6.21. The second-order valence-electron chi connectivity index (χ2n) is 8.49. The number of nitrogens with zero attached hydrogens (tertiary/aromatic N) is 2. The summed E-state index contributed by atoms with van der Waals surface area (Å²) in [5, 5.41) is 11.2. The fourth-order valence-corrected chi connectivity index (χ4v) is 4.25. The quantitative estimate of drug-likeness (QED) is 0.334. The molecule has 5 nitrogen and oxygen atoms in total. The molecule has 0 aromatic heterocycles. The summed E-state index contributed by atoms with van der Waals surface area (Å²) >= 11 is 0. The van der Waals surface area contributed by atoms with Gasteiger partial charge in [-0.15, -0.1) is 0 Å². The summed E-state index contributed by atoms with van der Waals surface area (Å²) in [5.41, 5.74) is 5.09. The molecule has 1 unspecified atom stereocenters. The largest absolute Gasteiger partial charge is 0.507 e. The molecule has 0 bridgehead atoms. The van der Waals surface area contributed by atoms with E-state index in [1.807, 2.05) is 86.6 Å². The highest BCUT2D eigenvalue weighted by atomic mass is 16.3. The molecule has 3 aromatic carbocycles. The molecule has 1 atom stereocenters. The fourth-order valence-electron chi connectivity index (χ4n) is 4.25. The molecule has 0 saturated carbocycles. The summed E-state index contributed by atoms with van der Waals surface area (Å²) in [7, 11) is 3.89. The molecular formula is C28H28N2O3. The summed E-state index contributed by atoms with van der Waals surface area (Å²) in [6.45, 7) is 4.00. The topological polar surface area (TPSA) is 60.9 Å². The highest BCUT2D eigenvalue weighted by molar-refractivity contribution is 6.51. The van der Waals surface area contributed by atoms with Crippen LogP contribution in [0.15, 0.2) is 78.4 Å².